The van der Waals surface area contributed by atoms with Gasteiger partial charge in [0.25, 0.3) is 0 Å². The van der Waals surface area contributed by atoms with Crippen LogP contribution in [0.15, 0.2) is 24.3 Å². The molecular formula is C17H25FN2O2. The largest absolute Gasteiger partial charge is 0.383 e. The molecule has 0 saturated carbocycles. The number of ether oxygens (including phenoxy) is 1. The lowest BCUT2D eigenvalue weighted by Crippen LogP contribution is -2.44. The molecule has 1 N–H and O–H groups in total. The van der Waals surface area contributed by atoms with Gasteiger partial charge in [-0.3, -0.25) is 9.69 Å². The molecule has 1 aliphatic rings. The highest BCUT2D eigenvalue weighted by Crippen LogP contribution is 2.19. The van der Waals surface area contributed by atoms with Crippen LogP contribution in [0, 0.1) is 11.7 Å². The highest BCUT2D eigenvalue weighted by molar-refractivity contribution is 5.79. The van der Waals surface area contributed by atoms with Gasteiger partial charge in [-0.05, 0) is 50.6 Å². The quantitative estimate of drug-likeness (QED) is 0.876. The number of piperidine rings is 1. The third-order valence-corrected chi connectivity index (χ3v) is 4.08. The zero-order valence-corrected chi connectivity index (χ0v) is 13.3. The minimum absolute atomic E-state index is 0.0507. The molecule has 1 aromatic carbocycles. The third-order valence-electron chi connectivity index (χ3n) is 4.08. The van der Waals surface area contributed by atoms with E-state index >= 15 is 0 Å². The van der Waals surface area contributed by atoms with Gasteiger partial charge >= 0.3 is 0 Å². The Morgan fingerprint density at radius 1 is 1.36 bits per heavy atom. The Morgan fingerprint density at radius 3 is 2.59 bits per heavy atom. The Kier molecular flexibility index (Phi) is 6.34. The number of nitrogens with zero attached hydrogens (tertiary/aromatic N) is 1. The van der Waals surface area contributed by atoms with E-state index in [-0.39, 0.29) is 23.7 Å². The number of carbonyl (C=O) groups excluding carboxylic acids is 1. The van der Waals surface area contributed by atoms with Crippen molar-refractivity contribution in [3.05, 3.63) is 35.6 Å². The summed E-state index contributed by atoms with van der Waals surface area (Å²) < 4.78 is 17.9. The summed E-state index contributed by atoms with van der Waals surface area (Å²) in [7, 11) is 1.64. The molecule has 0 aromatic heterocycles. The Labute approximate surface area is 131 Å². The van der Waals surface area contributed by atoms with Crippen LogP contribution in [0.1, 0.15) is 25.3 Å². The van der Waals surface area contributed by atoms with Gasteiger partial charge in [0.05, 0.1) is 6.61 Å². The van der Waals surface area contributed by atoms with Crippen LogP contribution in [0.4, 0.5) is 4.39 Å². The molecule has 122 valence electrons. The fraction of sp³-hybridized carbons (Fsp3) is 0.588. The van der Waals surface area contributed by atoms with Crippen molar-refractivity contribution < 1.29 is 13.9 Å². The molecule has 0 radical (unpaired) electrons. The third kappa shape index (κ3) is 5.07. The molecule has 0 bridgehead atoms. The zero-order valence-electron chi connectivity index (χ0n) is 13.3. The molecule has 1 aliphatic heterocycles. The lowest BCUT2D eigenvalue weighted by molar-refractivity contribution is -0.127. The summed E-state index contributed by atoms with van der Waals surface area (Å²) in [5.41, 5.74) is 1.11. The van der Waals surface area contributed by atoms with Crippen LogP contribution in [0.25, 0.3) is 0 Å². The second-order valence-electron chi connectivity index (χ2n) is 6.04. The van der Waals surface area contributed by atoms with Crippen LogP contribution >= 0.6 is 0 Å². The van der Waals surface area contributed by atoms with Gasteiger partial charge in [-0.15, -0.1) is 0 Å². The minimum Gasteiger partial charge on any atom is -0.383 e. The lowest BCUT2D eigenvalue weighted by Gasteiger charge is -2.31. The Balaban J connectivity index is 1.75. The first-order chi connectivity index (χ1) is 10.6. The van der Waals surface area contributed by atoms with Crippen LogP contribution in [0.5, 0.6) is 0 Å². The molecule has 1 amide bonds. The standard InChI is InChI=1S/C17H25FN2O2/c1-13(12-22-2)19-17(21)15-7-9-20(10-8-15)11-14-3-5-16(18)6-4-14/h3-6,13,15H,7-12H2,1-2H3,(H,19,21)/t13-/m1/s1. The fourth-order valence-electron chi connectivity index (χ4n) is 2.85. The highest BCUT2D eigenvalue weighted by Gasteiger charge is 2.25. The molecular weight excluding hydrogens is 283 g/mol. The van der Waals surface area contributed by atoms with Crippen LogP contribution in [-0.4, -0.2) is 43.7 Å². The van der Waals surface area contributed by atoms with E-state index in [1.165, 1.54) is 12.1 Å². The smallest absolute Gasteiger partial charge is 0.223 e. The molecule has 1 atom stereocenters. The number of rotatable bonds is 6. The second kappa shape index (κ2) is 8.25. The van der Waals surface area contributed by atoms with E-state index in [1.807, 2.05) is 19.1 Å². The first kappa shape index (κ1) is 16.9. The predicted octanol–water partition coefficient (Wildman–Crippen LogP) is 2.19. The molecule has 1 fully saturated rings. The first-order valence-corrected chi connectivity index (χ1v) is 7.84. The average molecular weight is 308 g/mol. The topological polar surface area (TPSA) is 41.6 Å². The summed E-state index contributed by atoms with van der Waals surface area (Å²) in [6.07, 6.45) is 1.74. The number of methoxy groups -OCH3 is 1. The van der Waals surface area contributed by atoms with Crippen molar-refractivity contribution >= 4 is 5.91 Å². The maximum Gasteiger partial charge on any atom is 0.223 e. The van der Waals surface area contributed by atoms with Crippen LogP contribution < -0.4 is 5.32 Å². The molecule has 0 unspecified atom stereocenters. The van der Waals surface area contributed by atoms with Gasteiger partial charge in [0.2, 0.25) is 5.91 Å². The molecule has 0 aliphatic carbocycles. The van der Waals surface area contributed by atoms with E-state index in [4.69, 9.17) is 4.74 Å². The van der Waals surface area contributed by atoms with E-state index in [2.05, 4.69) is 10.2 Å². The number of hydrogen-bond acceptors (Lipinski definition) is 3. The number of halogens is 1. The summed E-state index contributed by atoms with van der Waals surface area (Å²) in [5, 5.41) is 3.00. The van der Waals surface area contributed by atoms with E-state index in [1.54, 1.807) is 7.11 Å². The van der Waals surface area contributed by atoms with Crippen molar-refractivity contribution in [2.45, 2.75) is 32.4 Å². The summed E-state index contributed by atoms with van der Waals surface area (Å²) in [5.74, 6) is 0.0130. The molecule has 4 nitrogen and oxygen atoms in total. The van der Waals surface area contributed by atoms with Crippen molar-refractivity contribution in [3.8, 4) is 0 Å². The number of hydrogen-bond donors (Lipinski definition) is 1. The summed E-state index contributed by atoms with van der Waals surface area (Å²) in [4.78, 5) is 14.5. The number of amides is 1. The lowest BCUT2D eigenvalue weighted by atomic mass is 9.95. The van der Waals surface area contributed by atoms with Gasteiger partial charge in [0.15, 0.2) is 0 Å². The normalized spacial score (nSPS) is 18.1. The van der Waals surface area contributed by atoms with Gasteiger partial charge in [-0.1, -0.05) is 12.1 Å². The summed E-state index contributed by atoms with van der Waals surface area (Å²) >= 11 is 0. The highest BCUT2D eigenvalue weighted by atomic mass is 19.1. The van der Waals surface area contributed by atoms with Gasteiger partial charge in [0.1, 0.15) is 5.82 Å². The molecule has 1 saturated heterocycles. The monoisotopic (exact) mass is 308 g/mol. The number of nitrogens with one attached hydrogen (secondary N) is 1. The Hall–Kier alpha value is -1.46. The van der Waals surface area contributed by atoms with Crippen LogP contribution in [0.2, 0.25) is 0 Å². The number of carbonyl (C=O) groups is 1. The molecule has 5 heteroatoms. The van der Waals surface area contributed by atoms with Crippen molar-refractivity contribution in [2.75, 3.05) is 26.8 Å². The summed E-state index contributed by atoms with van der Waals surface area (Å²) in [6, 6.07) is 6.68. The predicted molar refractivity (Wildman–Crippen MR) is 83.9 cm³/mol. The van der Waals surface area contributed by atoms with Crippen LogP contribution in [0.3, 0.4) is 0 Å². The fourth-order valence-corrected chi connectivity index (χ4v) is 2.85. The molecule has 1 heterocycles. The van der Waals surface area contributed by atoms with Gasteiger partial charge < -0.3 is 10.1 Å². The summed E-state index contributed by atoms with van der Waals surface area (Å²) in [6.45, 7) is 5.09. The number of likely N-dealkylation sites (tertiary alicyclic amines) is 1. The van der Waals surface area contributed by atoms with Gasteiger partial charge in [-0.2, -0.15) is 0 Å². The SMILES string of the molecule is COC[C@@H](C)NC(=O)C1CCN(Cc2ccc(F)cc2)CC1. The van der Waals surface area contributed by atoms with Gasteiger partial charge in [-0.25, -0.2) is 4.39 Å². The van der Waals surface area contributed by atoms with Crippen molar-refractivity contribution in [3.63, 3.8) is 0 Å². The minimum atomic E-state index is -0.204. The van der Waals surface area contributed by atoms with E-state index in [0.717, 1.165) is 38.0 Å². The molecule has 22 heavy (non-hydrogen) atoms. The molecule has 1 aromatic rings. The average Bonchev–Trinajstić information content (AvgIpc) is 2.50. The van der Waals surface area contributed by atoms with E-state index < -0.39 is 0 Å². The molecule has 0 spiro atoms. The first-order valence-electron chi connectivity index (χ1n) is 7.84. The van der Waals surface area contributed by atoms with Gasteiger partial charge in [0, 0.05) is 25.6 Å². The maximum absolute atomic E-state index is 12.9. The Bertz CT molecular complexity index is 470. The second-order valence-corrected chi connectivity index (χ2v) is 6.04. The maximum atomic E-state index is 12.9. The van der Waals surface area contributed by atoms with E-state index in [0.29, 0.717) is 6.61 Å². The Morgan fingerprint density at radius 2 is 2.00 bits per heavy atom. The van der Waals surface area contributed by atoms with Crippen LogP contribution in [-0.2, 0) is 16.1 Å². The molecule has 2 rings (SSSR count). The van der Waals surface area contributed by atoms with E-state index in [9.17, 15) is 9.18 Å². The van der Waals surface area contributed by atoms with Crippen molar-refractivity contribution in [2.24, 2.45) is 5.92 Å². The van der Waals surface area contributed by atoms with Crippen molar-refractivity contribution in [1.29, 1.82) is 0 Å². The number of benzene rings is 1. The zero-order chi connectivity index (χ0) is 15.9. The van der Waals surface area contributed by atoms with Crippen molar-refractivity contribution in [1.82, 2.24) is 10.2 Å².